The number of nitrogens with zero attached hydrogens (tertiary/aromatic N) is 1. The van der Waals surface area contributed by atoms with Gasteiger partial charge in [-0.25, -0.2) is 0 Å². The van der Waals surface area contributed by atoms with Gasteiger partial charge in [-0.1, -0.05) is 146 Å². The molecular formula is C50H31NOS. The van der Waals surface area contributed by atoms with E-state index in [9.17, 15) is 0 Å². The van der Waals surface area contributed by atoms with E-state index in [1.54, 1.807) is 0 Å². The number of benzene rings is 9. The van der Waals surface area contributed by atoms with Gasteiger partial charge in [-0.15, -0.1) is 11.3 Å². The van der Waals surface area contributed by atoms with E-state index in [2.05, 4.69) is 193 Å². The van der Waals surface area contributed by atoms with Gasteiger partial charge in [-0.2, -0.15) is 0 Å². The van der Waals surface area contributed by atoms with Crippen LogP contribution in [0.25, 0.3) is 85.9 Å². The molecule has 0 radical (unpaired) electrons. The molecule has 11 aromatic rings. The zero-order chi connectivity index (χ0) is 34.9. The number of thiophene rings is 1. The van der Waals surface area contributed by atoms with E-state index in [0.29, 0.717) is 0 Å². The van der Waals surface area contributed by atoms with Crippen LogP contribution >= 0.6 is 11.3 Å². The van der Waals surface area contributed by atoms with Crippen molar-refractivity contribution < 1.29 is 4.42 Å². The lowest BCUT2D eigenvalue weighted by Gasteiger charge is -2.27. The Morgan fingerprint density at radius 3 is 1.91 bits per heavy atom. The van der Waals surface area contributed by atoms with E-state index in [4.69, 9.17) is 4.42 Å². The number of anilines is 3. The van der Waals surface area contributed by atoms with Crippen molar-refractivity contribution in [2.24, 2.45) is 0 Å². The number of fused-ring (bicyclic) bond motifs is 10. The summed E-state index contributed by atoms with van der Waals surface area (Å²) in [5.74, 6) is 0. The highest BCUT2D eigenvalue weighted by Gasteiger charge is 2.22. The molecule has 2 aromatic heterocycles. The highest BCUT2D eigenvalue weighted by atomic mass is 32.1. The van der Waals surface area contributed by atoms with Crippen LogP contribution in [0, 0.1) is 0 Å². The largest absolute Gasteiger partial charge is 0.455 e. The molecule has 0 amide bonds. The van der Waals surface area contributed by atoms with Crippen LogP contribution in [0.15, 0.2) is 192 Å². The average molecular weight is 694 g/mol. The van der Waals surface area contributed by atoms with E-state index in [-0.39, 0.29) is 0 Å². The normalized spacial score (nSPS) is 11.8. The SMILES string of the molecule is c1ccc(-c2cccc(N(c3ccc4c(c3)oc3c(-c5ccccc5)cccc34)c3cc4sc5ccc6ccccc6c5c4c4ccccc34)c2)cc1. The molecule has 2 nitrogen and oxygen atoms in total. The number of hydrogen-bond donors (Lipinski definition) is 0. The summed E-state index contributed by atoms with van der Waals surface area (Å²) in [6, 6.07) is 67.8. The summed E-state index contributed by atoms with van der Waals surface area (Å²) in [6.45, 7) is 0. The molecule has 2 heterocycles. The van der Waals surface area contributed by atoms with Gasteiger partial charge in [0.15, 0.2) is 0 Å². The number of rotatable bonds is 5. The van der Waals surface area contributed by atoms with Gasteiger partial charge in [0.2, 0.25) is 0 Å². The van der Waals surface area contributed by atoms with Crippen LogP contribution in [0.5, 0.6) is 0 Å². The predicted molar refractivity (Wildman–Crippen MR) is 227 cm³/mol. The second-order valence-corrected chi connectivity index (χ2v) is 14.7. The van der Waals surface area contributed by atoms with E-state index in [0.717, 1.165) is 50.1 Å². The average Bonchev–Trinajstić information content (AvgIpc) is 3.80. The van der Waals surface area contributed by atoms with Crippen molar-refractivity contribution in [3.05, 3.63) is 188 Å². The lowest BCUT2D eigenvalue weighted by Crippen LogP contribution is -2.10. The maximum atomic E-state index is 6.81. The monoisotopic (exact) mass is 693 g/mol. The maximum Gasteiger partial charge on any atom is 0.143 e. The molecular weight excluding hydrogens is 663 g/mol. The molecule has 0 aliphatic heterocycles. The van der Waals surface area contributed by atoms with Gasteiger partial charge in [0.1, 0.15) is 11.2 Å². The Morgan fingerprint density at radius 1 is 0.396 bits per heavy atom. The minimum absolute atomic E-state index is 0.865. The van der Waals surface area contributed by atoms with E-state index in [1.165, 1.54) is 52.8 Å². The third kappa shape index (κ3) is 4.78. The molecule has 0 fully saturated rings. The van der Waals surface area contributed by atoms with Crippen LogP contribution in [0.3, 0.4) is 0 Å². The van der Waals surface area contributed by atoms with Gasteiger partial charge in [0, 0.05) is 59.3 Å². The van der Waals surface area contributed by atoms with Gasteiger partial charge in [0.25, 0.3) is 0 Å². The highest BCUT2D eigenvalue weighted by Crippen LogP contribution is 2.49. The maximum absolute atomic E-state index is 6.81. The Morgan fingerprint density at radius 2 is 1.06 bits per heavy atom. The van der Waals surface area contributed by atoms with Crippen LogP contribution < -0.4 is 4.90 Å². The van der Waals surface area contributed by atoms with Crippen molar-refractivity contribution in [1.29, 1.82) is 0 Å². The fraction of sp³-hybridized carbons (Fsp3) is 0. The van der Waals surface area contributed by atoms with Crippen LogP contribution in [-0.4, -0.2) is 0 Å². The molecule has 0 atom stereocenters. The number of furan rings is 1. The molecule has 0 saturated carbocycles. The summed E-state index contributed by atoms with van der Waals surface area (Å²) in [4.78, 5) is 2.42. The molecule has 0 aliphatic carbocycles. The first-order valence-electron chi connectivity index (χ1n) is 18.0. The quantitative estimate of drug-likeness (QED) is 0.178. The van der Waals surface area contributed by atoms with Crippen LogP contribution in [0.4, 0.5) is 17.1 Å². The van der Waals surface area contributed by atoms with Crippen molar-refractivity contribution in [2.75, 3.05) is 4.90 Å². The molecule has 0 bridgehead atoms. The van der Waals surface area contributed by atoms with E-state index >= 15 is 0 Å². The highest BCUT2D eigenvalue weighted by molar-refractivity contribution is 7.26. The van der Waals surface area contributed by atoms with Crippen molar-refractivity contribution in [3.63, 3.8) is 0 Å². The zero-order valence-corrected chi connectivity index (χ0v) is 29.5. The minimum atomic E-state index is 0.865. The summed E-state index contributed by atoms with van der Waals surface area (Å²) in [6.07, 6.45) is 0. The summed E-state index contributed by atoms with van der Waals surface area (Å²) in [5.41, 5.74) is 9.64. The molecule has 0 N–H and O–H groups in total. The van der Waals surface area contributed by atoms with E-state index < -0.39 is 0 Å². The second kappa shape index (κ2) is 11.9. The molecule has 53 heavy (non-hydrogen) atoms. The first-order valence-corrected chi connectivity index (χ1v) is 18.8. The lowest BCUT2D eigenvalue weighted by molar-refractivity contribution is 0.670. The summed E-state index contributed by atoms with van der Waals surface area (Å²) in [5, 5.41) is 9.90. The fourth-order valence-corrected chi connectivity index (χ4v) is 9.39. The molecule has 11 rings (SSSR count). The van der Waals surface area contributed by atoms with Crippen LogP contribution in [0.2, 0.25) is 0 Å². The summed E-state index contributed by atoms with van der Waals surface area (Å²) in [7, 11) is 0. The van der Waals surface area contributed by atoms with Crippen molar-refractivity contribution in [3.8, 4) is 22.3 Å². The Kier molecular flexibility index (Phi) is 6.76. The van der Waals surface area contributed by atoms with Gasteiger partial charge < -0.3 is 9.32 Å². The molecule has 0 spiro atoms. The smallest absolute Gasteiger partial charge is 0.143 e. The molecule has 0 aliphatic rings. The van der Waals surface area contributed by atoms with Crippen molar-refractivity contribution >= 4 is 92.1 Å². The lowest BCUT2D eigenvalue weighted by atomic mass is 9.97. The summed E-state index contributed by atoms with van der Waals surface area (Å²) < 4.78 is 9.38. The molecule has 3 heteroatoms. The molecule has 0 unspecified atom stereocenters. The van der Waals surface area contributed by atoms with Gasteiger partial charge in [-0.05, 0) is 69.2 Å². The van der Waals surface area contributed by atoms with Gasteiger partial charge in [0.05, 0.1) is 5.69 Å². The Bertz CT molecular complexity index is 3180. The Labute approximate surface area is 310 Å². The van der Waals surface area contributed by atoms with Crippen molar-refractivity contribution in [2.45, 2.75) is 0 Å². The van der Waals surface area contributed by atoms with Crippen LogP contribution in [0.1, 0.15) is 0 Å². The van der Waals surface area contributed by atoms with Gasteiger partial charge >= 0.3 is 0 Å². The second-order valence-electron chi connectivity index (χ2n) is 13.7. The Hall–Kier alpha value is -6.68. The fourth-order valence-electron chi connectivity index (χ4n) is 8.22. The first kappa shape index (κ1) is 30.0. The van der Waals surface area contributed by atoms with Crippen molar-refractivity contribution in [1.82, 2.24) is 0 Å². The predicted octanol–water partition coefficient (Wildman–Crippen LogP) is 15.1. The standard InChI is InChI=1S/C50H31NOS/c1-3-13-32(14-4-1)35-18-11-19-36(29-35)51(37-26-27-41-43-24-12-23-39(33-15-5-2-6-16-33)50(43)52-45(41)30-37)44-31-47-49(42-22-10-9-21-40(42)44)48-38-20-8-7-17-34(38)25-28-46(48)53-47/h1-31H. The van der Waals surface area contributed by atoms with Gasteiger partial charge in [-0.3, -0.25) is 0 Å². The third-order valence-electron chi connectivity index (χ3n) is 10.6. The third-order valence-corrected chi connectivity index (χ3v) is 11.7. The molecule has 248 valence electrons. The molecule has 9 aromatic carbocycles. The zero-order valence-electron chi connectivity index (χ0n) is 28.7. The Balaban J connectivity index is 1.19. The first-order chi connectivity index (χ1) is 26.3. The number of para-hydroxylation sites is 1. The molecule has 0 saturated heterocycles. The minimum Gasteiger partial charge on any atom is -0.455 e. The topological polar surface area (TPSA) is 16.4 Å². The summed E-state index contributed by atoms with van der Waals surface area (Å²) >= 11 is 1.87. The van der Waals surface area contributed by atoms with Crippen LogP contribution in [-0.2, 0) is 0 Å². The van der Waals surface area contributed by atoms with E-state index in [1.807, 2.05) is 11.3 Å². The number of hydrogen-bond acceptors (Lipinski definition) is 3.